The molecule has 9 heteroatoms. The maximum Gasteiger partial charge on any atom is 0.326 e. The number of hydrogen-bond donors (Lipinski definition) is 4. The average Bonchev–Trinajstić information content (AvgIpc) is 3.18. The summed E-state index contributed by atoms with van der Waals surface area (Å²) >= 11 is 0. The number of carbonyl (C=O) groups is 2. The predicted molar refractivity (Wildman–Crippen MR) is 120 cm³/mol. The van der Waals surface area contributed by atoms with E-state index in [2.05, 4.69) is 15.3 Å². The van der Waals surface area contributed by atoms with Crippen LogP contribution in [0.25, 0.3) is 21.9 Å². The molecular weight excluding hydrogens is 412 g/mol. The topological polar surface area (TPSA) is 137 Å². The number of aliphatic carboxylic acids is 1. The van der Waals surface area contributed by atoms with Crippen molar-refractivity contribution in [3.8, 4) is 0 Å². The summed E-state index contributed by atoms with van der Waals surface area (Å²) < 4.78 is 1.27. The van der Waals surface area contributed by atoms with Gasteiger partial charge in [0.2, 0.25) is 5.91 Å². The number of carbonyl (C=O) groups excluding carboxylic acids is 1. The fourth-order valence-corrected chi connectivity index (χ4v) is 3.81. The normalized spacial score (nSPS) is 12.2. The van der Waals surface area contributed by atoms with Crippen molar-refractivity contribution in [3.63, 3.8) is 0 Å². The number of H-pyrrole nitrogens is 2. The smallest absolute Gasteiger partial charge is 0.326 e. The second-order valence-electron chi connectivity index (χ2n) is 7.69. The van der Waals surface area contributed by atoms with Crippen LogP contribution < -0.4 is 16.4 Å². The SMILES string of the molecule is Cn1c(=O)c(=O)[nH]c2cc(CCC(=O)N[C@@H](Cc3c[nH]c4ccccc34)C(=O)O)ccc21. The molecule has 164 valence electrons. The highest BCUT2D eigenvalue weighted by Gasteiger charge is 2.21. The summed E-state index contributed by atoms with van der Waals surface area (Å²) in [5, 5.41) is 13.1. The third-order valence-corrected chi connectivity index (χ3v) is 5.54. The molecule has 0 aliphatic heterocycles. The molecule has 32 heavy (non-hydrogen) atoms. The van der Waals surface area contributed by atoms with Crippen LogP contribution in [-0.4, -0.2) is 37.6 Å². The lowest BCUT2D eigenvalue weighted by Crippen LogP contribution is -2.42. The van der Waals surface area contributed by atoms with E-state index in [4.69, 9.17) is 0 Å². The van der Waals surface area contributed by atoms with Crippen LogP contribution in [0.1, 0.15) is 17.5 Å². The summed E-state index contributed by atoms with van der Waals surface area (Å²) in [5.74, 6) is -1.49. The Bertz CT molecular complexity index is 1450. The number of aromatic amines is 2. The molecule has 0 unspecified atom stereocenters. The Labute approximate surface area is 181 Å². The van der Waals surface area contributed by atoms with Gasteiger partial charge in [-0.05, 0) is 35.7 Å². The number of carboxylic acid groups (broad SMARTS) is 1. The fourth-order valence-electron chi connectivity index (χ4n) is 3.81. The summed E-state index contributed by atoms with van der Waals surface area (Å²) in [6.45, 7) is 0. The van der Waals surface area contributed by atoms with E-state index in [0.717, 1.165) is 22.0 Å². The van der Waals surface area contributed by atoms with E-state index in [0.29, 0.717) is 17.5 Å². The average molecular weight is 434 g/mol. The molecule has 0 fully saturated rings. The molecule has 2 heterocycles. The number of hydrogen-bond acceptors (Lipinski definition) is 4. The minimum absolute atomic E-state index is 0.0825. The second kappa shape index (κ2) is 8.54. The molecule has 4 aromatic rings. The van der Waals surface area contributed by atoms with E-state index >= 15 is 0 Å². The fraction of sp³-hybridized carbons (Fsp3) is 0.217. The Kier molecular flexibility index (Phi) is 5.63. The van der Waals surface area contributed by atoms with Gasteiger partial charge in [0.25, 0.3) is 0 Å². The summed E-state index contributed by atoms with van der Waals surface area (Å²) in [4.78, 5) is 53.3. The third-order valence-electron chi connectivity index (χ3n) is 5.54. The maximum absolute atomic E-state index is 12.5. The second-order valence-corrected chi connectivity index (χ2v) is 7.69. The van der Waals surface area contributed by atoms with Crippen molar-refractivity contribution in [3.05, 3.63) is 80.5 Å². The monoisotopic (exact) mass is 434 g/mol. The number of para-hydroxylation sites is 1. The molecule has 4 N–H and O–H groups in total. The van der Waals surface area contributed by atoms with Gasteiger partial charge in [-0.15, -0.1) is 0 Å². The van der Waals surface area contributed by atoms with Gasteiger partial charge in [0.15, 0.2) is 0 Å². The standard InChI is InChI=1S/C23H22N4O5/c1-27-19-8-6-13(10-17(19)26-21(29)22(27)30)7-9-20(28)25-18(23(31)32)11-14-12-24-16-5-3-2-4-15(14)16/h2-6,8,10,12,18,24H,7,9,11H2,1H3,(H,25,28)(H,26,29)(H,31,32)/t18-/m0/s1. The molecule has 9 nitrogen and oxygen atoms in total. The van der Waals surface area contributed by atoms with E-state index in [1.165, 1.54) is 11.6 Å². The number of carboxylic acids is 1. The Hall–Kier alpha value is -4.14. The number of rotatable bonds is 7. The zero-order chi connectivity index (χ0) is 22.8. The van der Waals surface area contributed by atoms with Gasteiger partial charge >= 0.3 is 17.1 Å². The van der Waals surface area contributed by atoms with Crippen molar-refractivity contribution in [2.75, 3.05) is 0 Å². The van der Waals surface area contributed by atoms with E-state index in [1.54, 1.807) is 24.4 Å². The van der Waals surface area contributed by atoms with Crippen molar-refractivity contribution in [1.82, 2.24) is 19.9 Å². The van der Waals surface area contributed by atoms with Crippen molar-refractivity contribution in [2.24, 2.45) is 7.05 Å². The van der Waals surface area contributed by atoms with Crippen LogP contribution in [0.4, 0.5) is 0 Å². The molecule has 0 bridgehead atoms. The van der Waals surface area contributed by atoms with Crippen LogP contribution in [0.2, 0.25) is 0 Å². The highest BCUT2D eigenvalue weighted by Crippen LogP contribution is 2.19. The van der Waals surface area contributed by atoms with Crippen LogP contribution in [0.15, 0.2) is 58.3 Å². The summed E-state index contributed by atoms with van der Waals surface area (Å²) in [7, 11) is 1.52. The molecular formula is C23H22N4O5. The lowest BCUT2D eigenvalue weighted by atomic mass is 10.0. The van der Waals surface area contributed by atoms with E-state index < -0.39 is 23.1 Å². The lowest BCUT2D eigenvalue weighted by Gasteiger charge is -2.14. The van der Waals surface area contributed by atoms with Gasteiger partial charge in [-0.1, -0.05) is 24.3 Å². The minimum atomic E-state index is -1.10. The highest BCUT2D eigenvalue weighted by molar-refractivity contribution is 5.87. The first-order chi connectivity index (χ1) is 15.3. The number of amides is 1. The summed E-state index contributed by atoms with van der Waals surface area (Å²) in [5.41, 5.74) is 2.23. The van der Waals surface area contributed by atoms with Crippen LogP contribution in [0, 0.1) is 0 Å². The number of aromatic nitrogens is 3. The first-order valence-electron chi connectivity index (χ1n) is 10.1. The number of benzene rings is 2. The quantitative estimate of drug-likeness (QED) is 0.326. The Balaban J connectivity index is 1.44. The van der Waals surface area contributed by atoms with E-state index in [-0.39, 0.29) is 18.7 Å². The van der Waals surface area contributed by atoms with Gasteiger partial charge < -0.3 is 25.0 Å². The molecule has 2 aromatic carbocycles. The molecule has 0 radical (unpaired) electrons. The zero-order valence-electron chi connectivity index (χ0n) is 17.3. The first-order valence-corrected chi connectivity index (χ1v) is 10.1. The third kappa shape index (κ3) is 4.18. The van der Waals surface area contributed by atoms with Crippen LogP contribution in [-0.2, 0) is 29.5 Å². The van der Waals surface area contributed by atoms with Gasteiger partial charge in [0.05, 0.1) is 11.0 Å². The number of fused-ring (bicyclic) bond motifs is 2. The molecule has 0 saturated carbocycles. The first kappa shape index (κ1) is 21.1. The molecule has 1 amide bonds. The highest BCUT2D eigenvalue weighted by atomic mass is 16.4. The number of nitrogens with one attached hydrogen (secondary N) is 3. The van der Waals surface area contributed by atoms with Crippen LogP contribution in [0.5, 0.6) is 0 Å². The van der Waals surface area contributed by atoms with E-state index in [1.807, 2.05) is 24.3 Å². The summed E-state index contributed by atoms with van der Waals surface area (Å²) in [6.07, 6.45) is 2.36. The van der Waals surface area contributed by atoms with Crippen molar-refractivity contribution < 1.29 is 14.7 Å². The molecule has 0 spiro atoms. The van der Waals surface area contributed by atoms with Crippen molar-refractivity contribution in [1.29, 1.82) is 0 Å². The van der Waals surface area contributed by atoms with Gasteiger partial charge in [0, 0.05) is 37.0 Å². The Morgan fingerprint density at radius 3 is 2.69 bits per heavy atom. The molecule has 2 aromatic heterocycles. The zero-order valence-corrected chi connectivity index (χ0v) is 17.3. The van der Waals surface area contributed by atoms with E-state index in [9.17, 15) is 24.3 Å². The van der Waals surface area contributed by atoms with Crippen LogP contribution in [0.3, 0.4) is 0 Å². The molecule has 4 rings (SSSR count). The maximum atomic E-state index is 12.5. The predicted octanol–water partition coefficient (Wildman–Crippen LogP) is 1.45. The largest absolute Gasteiger partial charge is 0.480 e. The van der Waals surface area contributed by atoms with Gasteiger partial charge in [-0.25, -0.2) is 4.79 Å². The van der Waals surface area contributed by atoms with Gasteiger partial charge in [-0.3, -0.25) is 14.4 Å². The van der Waals surface area contributed by atoms with Gasteiger partial charge in [0.1, 0.15) is 6.04 Å². The number of aryl methyl sites for hydroxylation is 2. The summed E-state index contributed by atoms with van der Waals surface area (Å²) in [6, 6.07) is 11.7. The minimum Gasteiger partial charge on any atom is -0.480 e. The molecule has 1 atom stereocenters. The van der Waals surface area contributed by atoms with Crippen LogP contribution >= 0.6 is 0 Å². The number of nitrogens with zero attached hydrogens (tertiary/aromatic N) is 1. The molecule has 0 saturated heterocycles. The Morgan fingerprint density at radius 1 is 1.12 bits per heavy atom. The molecule has 0 aliphatic carbocycles. The van der Waals surface area contributed by atoms with Gasteiger partial charge in [-0.2, -0.15) is 0 Å². The Morgan fingerprint density at radius 2 is 1.91 bits per heavy atom. The van der Waals surface area contributed by atoms with Crippen molar-refractivity contribution >= 4 is 33.8 Å². The lowest BCUT2D eigenvalue weighted by molar-refractivity contribution is -0.141. The molecule has 0 aliphatic rings. The van der Waals surface area contributed by atoms with Crippen molar-refractivity contribution in [2.45, 2.75) is 25.3 Å².